The van der Waals surface area contributed by atoms with E-state index in [2.05, 4.69) is 4.90 Å². The van der Waals surface area contributed by atoms with Gasteiger partial charge in [-0.25, -0.2) is 4.39 Å². The van der Waals surface area contributed by atoms with Gasteiger partial charge in [0.1, 0.15) is 18.2 Å². The van der Waals surface area contributed by atoms with Gasteiger partial charge in [-0.15, -0.1) is 0 Å². The van der Waals surface area contributed by atoms with Crippen LogP contribution in [0.1, 0.15) is 5.56 Å². The molecule has 0 spiro atoms. The second-order valence-electron chi connectivity index (χ2n) is 7.15. The number of rotatable bonds is 3. The van der Waals surface area contributed by atoms with Gasteiger partial charge in [-0.2, -0.15) is 0 Å². The van der Waals surface area contributed by atoms with Crippen LogP contribution in [0.5, 0.6) is 5.75 Å². The first-order valence-electron chi connectivity index (χ1n) is 9.07. The largest absolute Gasteiger partial charge is 0.490 e. The normalized spacial score (nSPS) is 14.4. The highest BCUT2D eigenvalue weighted by Crippen LogP contribution is 2.35. The Morgan fingerprint density at radius 1 is 1.25 bits per heavy atom. The first-order valence-corrected chi connectivity index (χ1v) is 9.45. The van der Waals surface area contributed by atoms with Crippen molar-refractivity contribution in [3.8, 4) is 11.4 Å². The van der Waals surface area contributed by atoms with Gasteiger partial charge in [0.05, 0.1) is 17.1 Å². The van der Waals surface area contributed by atoms with Crippen molar-refractivity contribution in [3.05, 3.63) is 59.0 Å². The van der Waals surface area contributed by atoms with Gasteiger partial charge >= 0.3 is 0 Å². The lowest BCUT2D eigenvalue weighted by Gasteiger charge is -2.21. The summed E-state index contributed by atoms with van der Waals surface area (Å²) in [6, 6.07) is 10.4. The number of likely N-dealkylation sites (N-methyl/N-ethyl adjacent to an activating group) is 1. The van der Waals surface area contributed by atoms with Gasteiger partial charge in [0.25, 0.3) is 0 Å². The van der Waals surface area contributed by atoms with Crippen molar-refractivity contribution in [2.45, 2.75) is 6.54 Å². The van der Waals surface area contributed by atoms with Crippen molar-refractivity contribution in [3.63, 3.8) is 0 Å². The molecule has 0 radical (unpaired) electrons. The van der Waals surface area contributed by atoms with E-state index in [0.29, 0.717) is 37.0 Å². The van der Waals surface area contributed by atoms with E-state index in [1.807, 2.05) is 29.0 Å². The smallest absolute Gasteiger partial charge is 0.236 e. The van der Waals surface area contributed by atoms with Crippen molar-refractivity contribution in [2.75, 3.05) is 33.8 Å². The van der Waals surface area contributed by atoms with Crippen molar-refractivity contribution in [1.82, 2.24) is 14.4 Å². The molecule has 1 aliphatic rings. The molecule has 5 nitrogen and oxygen atoms in total. The van der Waals surface area contributed by atoms with E-state index in [0.717, 1.165) is 22.2 Å². The van der Waals surface area contributed by atoms with Gasteiger partial charge in [-0.05, 0) is 36.4 Å². The third-order valence-electron chi connectivity index (χ3n) is 4.94. The van der Waals surface area contributed by atoms with Gasteiger partial charge in [0.15, 0.2) is 0 Å². The zero-order chi connectivity index (χ0) is 19.8. The van der Waals surface area contributed by atoms with Gasteiger partial charge in [-0.3, -0.25) is 9.69 Å². The van der Waals surface area contributed by atoms with E-state index in [1.54, 1.807) is 25.1 Å². The molecular weight excluding hydrogens is 381 g/mol. The number of benzene rings is 2. The second kappa shape index (κ2) is 7.45. The van der Waals surface area contributed by atoms with Gasteiger partial charge < -0.3 is 14.2 Å². The Balaban J connectivity index is 1.71. The van der Waals surface area contributed by atoms with Crippen molar-refractivity contribution in [1.29, 1.82) is 0 Å². The van der Waals surface area contributed by atoms with Crippen LogP contribution in [0.3, 0.4) is 0 Å². The average molecular weight is 402 g/mol. The fourth-order valence-corrected chi connectivity index (χ4v) is 3.74. The molecule has 0 atom stereocenters. The van der Waals surface area contributed by atoms with Crippen LogP contribution in [0.25, 0.3) is 16.6 Å². The monoisotopic (exact) mass is 401 g/mol. The van der Waals surface area contributed by atoms with Gasteiger partial charge in [0, 0.05) is 50.0 Å². The molecule has 2 heterocycles. The number of carbonyl (C=O) groups excluding carboxylic acids is 1. The lowest BCUT2D eigenvalue weighted by Crippen LogP contribution is -2.37. The predicted molar refractivity (Wildman–Crippen MR) is 108 cm³/mol. The van der Waals surface area contributed by atoms with Crippen LogP contribution in [0.15, 0.2) is 42.6 Å². The summed E-state index contributed by atoms with van der Waals surface area (Å²) in [6.07, 6.45) is 1.90. The highest BCUT2D eigenvalue weighted by Gasteiger charge is 2.21. The average Bonchev–Trinajstić information content (AvgIpc) is 2.94. The van der Waals surface area contributed by atoms with E-state index in [-0.39, 0.29) is 11.7 Å². The molecule has 4 rings (SSSR count). The quantitative estimate of drug-likeness (QED) is 0.671. The number of ether oxygens (including phenoxy) is 1. The minimum absolute atomic E-state index is 0.0455. The topological polar surface area (TPSA) is 37.7 Å². The summed E-state index contributed by atoms with van der Waals surface area (Å²) < 4.78 is 21.3. The number of halogens is 2. The first-order chi connectivity index (χ1) is 13.4. The molecule has 0 N–H and O–H groups in total. The molecular formula is C21H21ClFN3O2. The molecule has 0 saturated heterocycles. The number of aromatic nitrogens is 1. The summed E-state index contributed by atoms with van der Waals surface area (Å²) in [7, 11) is 3.50. The highest BCUT2D eigenvalue weighted by atomic mass is 35.5. The maximum Gasteiger partial charge on any atom is 0.236 e. The molecule has 0 bridgehead atoms. The summed E-state index contributed by atoms with van der Waals surface area (Å²) in [5.74, 6) is 0.441. The fourth-order valence-electron chi connectivity index (χ4n) is 3.46. The Morgan fingerprint density at radius 2 is 2.07 bits per heavy atom. The van der Waals surface area contributed by atoms with Crippen LogP contribution in [-0.2, 0) is 11.3 Å². The van der Waals surface area contributed by atoms with Crippen molar-refractivity contribution >= 4 is 28.4 Å². The molecule has 1 aromatic heterocycles. The number of fused-ring (bicyclic) bond motifs is 2. The minimum atomic E-state index is -0.264. The lowest BCUT2D eigenvalue weighted by molar-refractivity contribution is -0.130. The van der Waals surface area contributed by atoms with E-state index in [9.17, 15) is 9.18 Å². The maximum absolute atomic E-state index is 13.5. The SMILES string of the molecule is CN(C)C(=O)CN1CCOc2c(Cl)cc(-n3ccc4cc(F)ccc43)cc2C1. The minimum Gasteiger partial charge on any atom is -0.490 e. The van der Waals surface area contributed by atoms with E-state index >= 15 is 0 Å². The van der Waals surface area contributed by atoms with E-state index < -0.39 is 0 Å². The number of hydrogen-bond acceptors (Lipinski definition) is 3. The number of nitrogens with zero attached hydrogens (tertiary/aromatic N) is 3. The van der Waals surface area contributed by atoms with Crippen LogP contribution in [0.4, 0.5) is 4.39 Å². The molecule has 0 saturated carbocycles. The zero-order valence-corrected chi connectivity index (χ0v) is 16.5. The summed E-state index contributed by atoms with van der Waals surface area (Å²) in [6.45, 7) is 2.00. The van der Waals surface area contributed by atoms with E-state index in [1.165, 1.54) is 12.1 Å². The van der Waals surface area contributed by atoms with Crippen molar-refractivity contribution in [2.24, 2.45) is 0 Å². The Labute approximate surface area is 167 Å². The van der Waals surface area contributed by atoms with Crippen LogP contribution >= 0.6 is 11.6 Å². The zero-order valence-electron chi connectivity index (χ0n) is 15.8. The summed E-state index contributed by atoms with van der Waals surface area (Å²) >= 11 is 6.53. The number of amides is 1. The van der Waals surface area contributed by atoms with Crippen LogP contribution < -0.4 is 4.74 Å². The third-order valence-corrected chi connectivity index (χ3v) is 5.22. The molecule has 0 fully saturated rings. The molecule has 0 aliphatic carbocycles. The summed E-state index contributed by atoms with van der Waals surface area (Å²) in [4.78, 5) is 15.7. The first kappa shape index (κ1) is 18.8. The molecule has 2 aromatic carbocycles. The molecule has 3 aromatic rings. The van der Waals surface area contributed by atoms with Crippen LogP contribution in [-0.4, -0.2) is 54.1 Å². The summed E-state index contributed by atoms with van der Waals surface area (Å²) in [5, 5.41) is 1.35. The van der Waals surface area contributed by atoms with Gasteiger partial charge in [-0.1, -0.05) is 11.6 Å². The highest BCUT2D eigenvalue weighted by molar-refractivity contribution is 6.32. The second-order valence-corrected chi connectivity index (χ2v) is 7.56. The third kappa shape index (κ3) is 3.57. The Hall–Kier alpha value is -2.57. The fraction of sp³-hybridized carbons (Fsp3) is 0.286. The predicted octanol–water partition coefficient (Wildman–Crippen LogP) is 3.71. The molecule has 28 heavy (non-hydrogen) atoms. The van der Waals surface area contributed by atoms with Gasteiger partial charge in [0.2, 0.25) is 5.91 Å². The number of hydrogen-bond donors (Lipinski definition) is 0. The summed E-state index contributed by atoms with van der Waals surface area (Å²) in [5.41, 5.74) is 2.69. The van der Waals surface area contributed by atoms with Crippen LogP contribution in [0.2, 0.25) is 5.02 Å². The maximum atomic E-state index is 13.5. The Kier molecular flexibility index (Phi) is 5.00. The molecule has 1 amide bonds. The lowest BCUT2D eigenvalue weighted by atomic mass is 10.1. The molecule has 7 heteroatoms. The van der Waals surface area contributed by atoms with Crippen LogP contribution in [0, 0.1) is 5.82 Å². The van der Waals surface area contributed by atoms with E-state index in [4.69, 9.17) is 16.3 Å². The Bertz CT molecular complexity index is 1050. The Morgan fingerprint density at radius 3 is 2.86 bits per heavy atom. The molecule has 0 unspecified atom stereocenters. The standard InChI is InChI=1S/C21H21ClFN3O2/c1-24(2)20(27)13-25-7-8-28-21-15(12-25)10-17(11-18(21)22)26-6-5-14-9-16(23)3-4-19(14)26/h3-6,9-11H,7-8,12-13H2,1-2H3. The number of carbonyl (C=O) groups is 1. The van der Waals surface area contributed by atoms with Crippen molar-refractivity contribution < 1.29 is 13.9 Å². The molecule has 146 valence electrons. The molecule has 1 aliphatic heterocycles.